The molecule has 0 saturated carbocycles. The van der Waals surface area contributed by atoms with Crippen LogP contribution in [0.5, 0.6) is 0 Å². The van der Waals surface area contributed by atoms with Crippen molar-refractivity contribution in [1.29, 1.82) is 0 Å². The Labute approximate surface area is 118 Å². The summed E-state index contributed by atoms with van der Waals surface area (Å²) in [5.41, 5.74) is 1.80. The van der Waals surface area contributed by atoms with E-state index >= 15 is 0 Å². The summed E-state index contributed by atoms with van der Waals surface area (Å²) in [6, 6.07) is 6.00. The molecule has 3 nitrogen and oxygen atoms in total. The number of ether oxygens (including phenoxy) is 1. The van der Waals surface area contributed by atoms with Gasteiger partial charge in [0.25, 0.3) is 5.91 Å². The van der Waals surface area contributed by atoms with E-state index < -0.39 is 5.60 Å². The molecular weight excluding hydrogens is 262 g/mol. The van der Waals surface area contributed by atoms with Gasteiger partial charge in [-0.2, -0.15) is 0 Å². The van der Waals surface area contributed by atoms with E-state index in [4.69, 9.17) is 16.3 Å². The van der Waals surface area contributed by atoms with Gasteiger partial charge in [-0.1, -0.05) is 17.7 Å². The quantitative estimate of drug-likeness (QED) is 0.904. The van der Waals surface area contributed by atoms with Crippen molar-refractivity contribution in [3.05, 3.63) is 34.3 Å². The van der Waals surface area contributed by atoms with Crippen LogP contribution in [0, 0.1) is 0 Å². The molecule has 0 unspecified atom stereocenters. The lowest BCUT2D eigenvalue weighted by molar-refractivity contribution is -0.140. The van der Waals surface area contributed by atoms with Gasteiger partial charge in [0.15, 0.2) is 0 Å². The molecule has 1 aliphatic carbocycles. The molecule has 1 saturated heterocycles. The number of carbonyl (C=O) groups excluding carboxylic acids is 1. The molecule has 4 heteroatoms. The van der Waals surface area contributed by atoms with Crippen molar-refractivity contribution in [1.82, 2.24) is 5.32 Å². The van der Waals surface area contributed by atoms with Crippen LogP contribution in [0.1, 0.15) is 43.4 Å². The standard InChI is InChI=1S/C15H18ClNO2/c1-15(7-2-8-19-15)14(18)17-13-6-3-10-9-11(16)4-5-12(10)13/h4-5,9,13H,2-3,6-8H2,1H3,(H,17,18)/t13-,15+/m1/s1. The molecule has 2 atom stereocenters. The molecule has 1 amide bonds. The van der Waals surface area contributed by atoms with Crippen molar-refractivity contribution < 1.29 is 9.53 Å². The Bertz CT molecular complexity index is 509. The van der Waals surface area contributed by atoms with Gasteiger partial charge in [-0.3, -0.25) is 4.79 Å². The molecule has 19 heavy (non-hydrogen) atoms. The van der Waals surface area contributed by atoms with Crippen LogP contribution >= 0.6 is 11.6 Å². The second kappa shape index (κ2) is 4.80. The van der Waals surface area contributed by atoms with E-state index in [1.807, 2.05) is 25.1 Å². The smallest absolute Gasteiger partial charge is 0.252 e. The highest BCUT2D eigenvalue weighted by atomic mass is 35.5. The number of hydrogen-bond acceptors (Lipinski definition) is 2. The fraction of sp³-hybridized carbons (Fsp3) is 0.533. The van der Waals surface area contributed by atoms with Crippen molar-refractivity contribution in [3.63, 3.8) is 0 Å². The zero-order valence-electron chi connectivity index (χ0n) is 11.0. The largest absolute Gasteiger partial charge is 0.365 e. The first-order chi connectivity index (χ1) is 9.08. The minimum Gasteiger partial charge on any atom is -0.365 e. The minimum atomic E-state index is -0.644. The first-order valence-corrected chi connectivity index (χ1v) is 7.19. The summed E-state index contributed by atoms with van der Waals surface area (Å²) < 4.78 is 5.59. The first kappa shape index (κ1) is 12.9. The van der Waals surface area contributed by atoms with E-state index in [9.17, 15) is 4.79 Å². The number of rotatable bonds is 2. The Kier molecular flexibility index (Phi) is 3.27. The number of fused-ring (bicyclic) bond motifs is 1. The monoisotopic (exact) mass is 279 g/mol. The third-order valence-electron chi connectivity index (χ3n) is 4.19. The van der Waals surface area contributed by atoms with E-state index in [0.717, 1.165) is 30.7 Å². The third kappa shape index (κ3) is 2.37. The number of aryl methyl sites for hydroxylation is 1. The molecule has 0 aromatic heterocycles. The van der Waals surface area contributed by atoms with Crippen molar-refractivity contribution in [3.8, 4) is 0 Å². The number of benzene rings is 1. The zero-order valence-corrected chi connectivity index (χ0v) is 11.8. The minimum absolute atomic E-state index is 0.0119. The Morgan fingerprint density at radius 3 is 3.11 bits per heavy atom. The molecule has 1 N–H and O–H groups in total. The van der Waals surface area contributed by atoms with Crippen molar-refractivity contribution in [2.24, 2.45) is 0 Å². The molecular formula is C15H18ClNO2. The molecule has 3 rings (SSSR count). The molecule has 2 aliphatic rings. The molecule has 1 aliphatic heterocycles. The molecule has 0 bridgehead atoms. The highest BCUT2D eigenvalue weighted by Gasteiger charge is 2.39. The van der Waals surface area contributed by atoms with Gasteiger partial charge in [0, 0.05) is 11.6 Å². The van der Waals surface area contributed by atoms with Crippen LogP contribution in [0.4, 0.5) is 0 Å². The van der Waals surface area contributed by atoms with Crippen LogP contribution in [0.2, 0.25) is 5.02 Å². The molecule has 0 radical (unpaired) electrons. The van der Waals surface area contributed by atoms with Crippen LogP contribution in [-0.4, -0.2) is 18.1 Å². The molecule has 102 valence electrons. The van der Waals surface area contributed by atoms with Crippen molar-refractivity contribution >= 4 is 17.5 Å². The van der Waals surface area contributed by atoms with E-state index in [0.29, 0.717) is 6.61 Å². The predicted molar refractivity (Wildman–Crippen MR) is 74.2 cm³/mol. The van der Waals surface area contributed by atoms with Crippen molar-refractivity contribution in [2.75, 3.05) is 6.61 Å². The Hall–Kier alpha value is -1.06. The summed E-state index contributed by atoms with van der Waals surface area (Å²) in [5.74, 6) is 0.0119. The Morgan fingerprint density at radius 2 is 2.37 bits per heavy atom. The second-order valence-corrected chi connectivity index (χ2v) is 6.03. The van der Waals surface area contributed by atoms with Crippen molar-refractivity contribution in [2.45, 2.75) is 44.2 Å². The van der Waals surface area contributed by atoms with Gasteiger partial charge in [0.05, 0.1) is 6.04 Å². The SMILES string of the molecule is C[C@@]1(C(=O)N[C@@H]2CCc3cc(Cl)ccc32)CCCO1. The average Bonchev–Trinajstić information content (AvgIpc) is 2.97. The summed E-state index contributed by atoms with van der Waals surface area (Å²) in [5, 5.41) is 3.89. The molecule has 0 spiro atoms. The maximum Gasteiger partial charge on any atom is 0.252 e. The van der Waals surface area contributed by atoms with Crippen LogP contribution in [0.15, 0.2) is 18.2 Å². The topological polar surface area (TPSA) is 38.3 Å². The summed E-state index contributed by atoms with van der Waals surface area (Å²) in [7, 11) is 0. The number of carbonyl (C=O) groups is 1. The summed E-state index contributed by atoms with van der Waals surface area (Å²) in [6.45, 7) is 2.56. The lowest BCUT2D eigenvalue weighted by Crippen LogP contribution is -2.45. The predicted octanol–water partition coefficient (Wildman–Crippen LogP) is 3.01. The average molecular weight is 280 g/mol. The van der Waals surface area contributed by atoms with Gasteiger partial charge in [-0.25, -0.2) is 0 Å². The van der Waals surface area contributed by atoms with E-state index in [2.05, 4.69) is 5.32 Å². The van der Waals surface area contributed by atoms with E-state index in [1.165, 1.54) is 11.1 Å². The van der Waals surface area contributed by atoms with Gasteiger partial charge >= 0.3 is 0 Å². The Balaban J connectivity index is 1.74. The summed E-state index contributed by atoms with van der Waals surface area (Å²) in [4.78, 5) is 12.3. The van der Waals surface area contributed by atoms with Crippen LogP contribution in [0.25, 0.3) is 0 Å². The fourth-order valence-electron chi connectivity index (χ4n) is 3.01. The lowest BCUT2D eigenvalue weighted by atomic mass is 10.0. The van der Waals surface area contributed by atoms with Gasteiger partial charge in [0.1, 0.15) is 5.60 Å². The van der Waals surface area contributed by atoms with Gasteiger partial charge in [0.2, 0.25) is 0 Å². The fourth-order valence-corrected chi connectivity index (χ4v) is 3.20. The Morgan fingerprint density at radius 1 is 1.53 bits per heavy atom. The molecule has 1 heterocycles. The first-order valence-electron chi connectivity index (χ1n) is 6.82. The zero-order chi connectivity index (χ0) is 13.5. The van der Waals surface area contributed by atoms with Crippen LogP contribution < -0.4 is 5.32 Å². The maximum absolute atomic E-state index is 12.3. The van der Waals surface area contributed by atoms with Gasteiger partial charge < -0.3 is 10.1 Å². The van der Waals surface area contributed by atoms with Gasteiger partial charge in [-0.15, -0.1) is 0 Å². The maximum atomic E-state index is 12.3. The van der Waals surface area contributed by atoms with Crippen LogP contribution in [-0.2, 0) is 16.0 Å². The highest BCUT2D eigenvalue weighted by Crippen LogP contribution is 2.34. The van der Waals surface area contributed by atoms with Crippen LogP contribution in [0.3, 0.4) is 0 Å². The molecule has 1 aromatic rings. The molecule has 1 fully saturated rings. The number of hydrogen-bond donors (Lipinski definition) is 1. The molecule has 1 aromatic carbocycles. The number of nitrogens with one attached hydrogen (secondary N) is 1. The van der Waals surface area contributed by atoms with E-state index in [1.54, 1.807) is 0 Å². The highest BCUT2D eigenvalue weighted by molar-refractivity contribution is 6.30. The third-order valence-corrected chi connectivity index (χ3v) is 4.42. The van der Waals surface area contributed by atoms with Gasteiger partial charge in [-0.05, 0) is 55.9 Å². The number of amides is 1. The van der Waals surface area contributed by atoms with E-state index in [-0.39, 0.29) is 11.9 Å². The lowest BCUT2D eigenvalue weighted by Gasteiger charge is -2.25. The summed E-state index contributed by atoms with van der Waals surface area (Å²) >= 11 is 6.00. The normalized spacial score (nSPS) is 29.3. The number of halogens is 1. The second-order valence-electron chi connectivity index (χ2n) is 5.59. The summed E-state index contributed by atoms with van der Waals surface area (Å²) in [6.07, 6.45) is 3.68.